The fourth-order valence-corrected chi connectivity index (χ4v) is 1.26. The van der Waals surface area contributed by atoms with Gasteiger partial charge in [-0.1, -0.05) is 11.6 Å². The molecule has 0 spiro atoms. The van der Waals surface area contributed by atoms with Crippen LogP contribution in [0.4, 0.5) is 10.1 Å². The van der Waals surface area contributed by atoms with Crippen molar-refractivity contribution in [3.05, 3.63) is 28.5 Å². The topological polar surface area (TPSA) is 76.3 Å². The lowest BCUT2D eigenvalue weighted by molar-refractivity contribution is 0.105. The summed E-state index contributed by atoms with van der Waals surface area (Å²) in [6, 6.07) is 4.43. The summed E-state index contributed by atoms with van der Waals surface area (Å²) in [4.78, 5) is 0. The van der Waals surface area contributed by atoms with Crippen molar-refractivity contribution >= 4 is 17.3 Å². The summed E-state index contributed by atoms with van der Waals surface area (Å²) < 4.78 is 13.4. The molecule has 1 aromatic rings. The van der Waals surface area contributed by atoms with Crippen molar-refractivity contribution in [3.63, 3.8) is 0 Å². The van der Waals surface area contributed by atoms with E-state index in [4.69, 9.17) is 27.1 Å². The second kappa shape index (κ2) is 5.66. The van der Waals surface area contributed by atoms with Crippen LogP contribution in [0.15, 0.2) is 12.1 Å². The van der Waals surface area contributed by atoms with E-state index in [2.05, 4.69) is 5.32 Å². The fraction of sp³-hybridized carbons (Fsp3) is 0.300. The Bertz CT molecular complexity index is 420. The summed E-state index contributed by atoms with van der Waals surface area (Å²) in [5.41, 5.74) is 0.0227. The number of hydrogen-bond acceptors (Lipinski definition) is 4. The lowest BCUT2D eigenvalue weighted by atomic mass is 10.1. The molecule has 0 amide bonds. The highest BCUT2D eigenvalue weighted by Crippen LogP contribution is 2.24. The van der Waals surface area contributed by atoms with E-state index in [1.165, 1.54) is 12.1 Å². The number of hydrogen-bond donors (Lipinski definition) is 3. The van der Waals surface area contributed by atoms with E-state index < -0.39 is 18.5 Å². The number of nitriles is 1. The quantitative estimate of drug-likeness (QED) is 0.742. The predicted molar refractivity (Wildman–Crippen MR) is 57.7 cm³/mol. The maximum Gasteiger partial charge on any atom is 0.161 e. The molecule has 3 N–H and O–H groups in total. The molecule has 0 saturated carbocycles. The molecule has 0 aliphatic heterocycles. The second-order valence-corrected chi connectivity index (χ2v) is 3.52. The molecule has 1 aromatic carbocycles. The van der Waals surface area contributed by atoms with Gasteiger partial charge in [0.05, 0.1) is 23.4 Å². The summed E-state index contributed by atoms with van der Waals surface area (Å²) >= 11 is 5.51. The molecule has 0 fully saturated rings. The molecule has 1 unspecified atom stereocenters. The van der Waals surface area contributed by atoms with Crippen LogP contribution in [0.1, 0.15) is 5.56 Å². The van der Waals surface area contributed by atoms with Crippen molar-refractivity contribution < 1.29 is 14.6 Å². The number of halogens is 2. The molecule has 0 aromatic heterocycles. The Kier molecular flexibility index (Phi) is 4.50. The highest BCUT2D eigenvalue weighted by Gasteiger charge is 2.12. The van der Waals surface area contributed by atoms with E-state index in [0.717, 1.165) is 0 Å². The Balaban J connectivity index is 2.89. The van der Waals surface area contributed by atoms with Crippen LogP contribution in [-0.4, -0.2) is 29.5 Å². The van der Waals surface area contributed by atoms with Crippen molar-refractivity contribution in [3.8, 4) is 6.07 Å². The van der Waals surface area contributed by atoms with E-state index in [-0.39, 0.29) is 22.8 Å². The number of aliphatic hydroxyl groups excluding tert-OH is 2. The van der Waals surface area contributed by atoms with E-state index in [0.29, 0.717) is 0 Å². The molecule has 0 saturated heterocycles. The molecule has 0 aliphatic carbocycles. The van der Waals surface area contributed by atoms with Gasteiger partial charge < -0.3 is 15.5 Å². The van der Waals surface area contributed by atoms with Gasteiger partial charge in [-0.3, -0.25) is 0 Å². The zero-order valence-corrected chi connectivity index (χ0v) is 9.00. The Morgan fingerprint density at radius 2 is 2.25 bits per heavy atom. The van der Waals surface area contributed by atoms with Crippen LogP contribution in [0.2, 0.25) is 5.02 Å². The zero-order chi connectivity index (χ0) is 12.1. The molecule has 16 heavy (non-hydrogen) atoms. The molecule has 4 nitrogen and oxygen atoms in total. The minimum atomic E-state index is -0.967. The number of benzene rings is 1. The molecule has 0 bridgehead atoms. The lowest BCUT2D eigenvalue weighted by Crippen LogP contribution is -2.23. The third kappa shape index (κ3) is 2.83. The zero-order valence-electron chi connectivity index (χ0n) is 8.24. The Morgan fingerprint density at radius 3 is 2.81 bits per heavy atom. The van der Waals surface area contributed by atoms with Gasteiger partial charge >= 0.3 is 0 Å². The predicted octanol–water partition coefficient (Wildman–Crippen LogP) is 1.12. The Hall–Kier alpha value is -1.35. The molecule has 86 valence electrons. The number of rotatable bonds is 4. The highest BCUT2D eigenvalue weighted by molar-refractivity contribution is 6.31. The summed E-state index contributed by atoms with van der Waals surface area (Å²) in [7, 11) is 0. The normalized spacial score (nSPS) is 11.9. The van der Waals surface area contributed by atoms with Crippen LogP contribution in [0, 0.1) is 17.1 Å². The fourth-order valence-electron chi connectivity index (χ4n) is 1.10. The van der Waals surface area contributed by atoms with Gasteiger partial charge in [0.2, 0.25) is 0 Å². The first kappa shape index (κ1) is 12.7. The molecular formula is C10H10ClFN2O2. The average Bonchev–Trinajstić information content (AvgIpc) is 2.30. The van der Waals surface area contributed by atoms with Crippen molar-refractivity contribution in [2.75, 3.05) is 18.5 Å². The van der Waals surface area contributed by atoms with Gasteiger partial charge in [-0.15, -0.1) is 0 Å². The summed E-state index contributed by atoms with van der Waals surface area (Å²) in [6.45, 7) is -0.392. The van der Waals surface area contributed by atoms with E-state index in [1.54, 1.807) is 6.07 Å². The maximum atomic E-state index is 13.4. The molecule has 0 heterocycles. The third-order valence-electron chi connectivity index (χ3n) is 1.95. The Labute approximate surface area is 96.9 Å². The summed E-state index contributed by atoms with van der Waals surface area (Å²) in [5, 5.41) is 28.9. The van der Waals surface area contributed by atoms with Crippen LogP contribution < -0.4 is 5.32 Å². The standard InChI is InChI=1S/C10H10ClFN2O2/c11-8-1-2-9(7(3-13)10(8)12)14-4-6(16)5-15/h1-2,6,14-16H,4-5H2. The SMILES string of the molecule is N#Cc1c(NCC(O)CO)ccc(Cl)c1F. The van der Waals surface area contributed by atoms with E-state index in [1.807, 2.05) is 0 Å². The van der Waals surface area contributed by atoms with Crippen LogP contribution >= 0.6 is 11.6 Å². The molecule has 6 heteroatoms. The van der Waals surface area contributed by atoms with E-state index >= 15 is 0 Å². The van der Waals surface area contributed by atoms with Gasteiger partial charge in [-0.25, -0.2) is 4.39 Å². The molecule has 1 atom stereocenters. The lowest BCUT2D eigenvalue weighted by Gasteiger charge is -2.12. The van der Waals surface area contributed by atoms with Crippen molar-refractivity contribution in [2.45, 2.75) is 6.10 Å². The van der Waals surface area contributed by atoms with Crippen molar-refractivity contribution in [1.29, 1.82) is 5.26 Å². The van der Waals surface area contributed by atoms with Gasteiger partial charge in [0, 0.05) is 6.54 Å². The minimum Gasteiger partial charge on any atom is -0.394 e. The van der Waals surface area contributed by atoms with Gasteiger partial charge in [-0.05, 0) is 12.1 Å². The third-order valence-corrected chi connectivity index (χ3v) is 2.24. The molecule has 1 rings (SSSR count). The van der Waals surface area contributed by atoms with Crippen LogP contribution in [0.5, 0.6) is 0 Å². The average molecular weight is 245 g/mol. The number of nitrogens with zero attached hydrogens (tertiary/aromatic N) is 1. The largest absolute Gasteiger partial charge is 0.394 e. The maximum absolute atomic E-state index is 13.4. The first-order chi connectivity index (χ1) is 7.60. The van der Waals surface area contributed by atoms with Gasteiger partial charge in [0.25, 0.3) is 0 Å². The Morgan fingerprint density at radius 1 is 1.56 bits per heavy atom. The van der Waals surface area contributed by atoms with Gasteiger partial charge in [0.1, 0.15) is 11.6 Å². The number of aliphatic hydroxyl groups is 2. The summed E-state index contributed by atoms with van der Waals surface area (Å²) in [5.74, 6) is -0.798. The minimum absolute atomic E-state index is 0.0201. The first-order valence-electron chi connectivity index (χ1n) is 4.51. The number of nitrogens with one attached hydrogen (secondary N) is 1. The summed E-state index contributed by atoms with van der Waals surface area (Å²) in [6.07, 6.45) is -0.967. The van der Waals surface area contributed by atoms with Crippen molar-refractivity contribution in [1.82, 2.24) is 0 Å². The van der Waals surface area contributed by atoms with Crippen molar-refractivity contribution in [2.24, 2.45) is 0 Å². The van der Waals surface area contributed by atoms with Gasteiger partial charge in [-0.2, -0.15) is 5.26 Å². The first-order valence-corrected chi connectivity index (χ1v) is 4.88. The molecule has 0 aliphatic rings. The smallest absolute Gasteiger partial charge is 0.161 e. The molecular weight excluding hydrogens is 235 g/mol. The highest BCUT2D eigenvalue weighted by atomic mass is 35.5. The van der Waals surface area contributed by atoms with E-state index in [9.17, 15) is 4.39 Å². The monoisotopic (exact) mass is 244 g/mol. The van der Waals surface area contributed by atoms with Crippen LogP contribution in [0.3, 0.4) is 0 Å². The number of anilines is 1. The van der Waals surface area contributed by atoms with Crippen LogP contribution in [0.25, 0.3) is 0 Å². The second-order valence-electron chi connectivity index (χ2n) is 3.11. The molecule has 0 radical (unpaired) electrons. The van der Waals surface area contributed by atoms with Crippen LogP contribution in [-0.2, 0) is 0 Å². The van der Waals surface area contributed by atoms with Gasteiger partial charge in [0.15, 0.2) is 5.82 Å².